The number of alkyl halides is 2. The summed E-state index contributed by atoms with van der Waals surface area (Å²) in [6.07, 6.45) is -2.33. The predicted molar refractivity (Wildman–Crippen MR) is 47.0 cm³/mol. The van der Waals surface area contributed by atoms with Crippen molar-refractivity contribution in [3.05, 3.63) is 27.5 Å². The van der Waals surface area contributed by atoms with Crippen LogP contribution >= 0.6 is 15.9 Å². The van der Waals surface area contributed by atoms with Gasteiger partial charge in [0.25, 0.3) is 6.43 Å². The number of rotatable bonds is 2. The number of carbonyl (C=O) groups is 1. The van der Waals surface area contributed by atoms with Crippen molar-refractivity contribution in [1.29, 1.82) is 0 Å². The molecule has 1 rings (SSSR count). The number of aromatic nitrogens is 1. The van der Waals surface area contributed by atoms with Crippen LogP contribution in [0.4, 0.5) is 8.78 Å². The molecular formula is C8H6BrF2NO. The molecule has 0 N–H and O–H groups in total. The molecule has 0 aliphatic heterocycles. The fourth-order valence-corrected chi connectivity index (χ4v) is 1.57. The SMILES string of the molecule is Cc1cc(Br)nc(C=O)c1C(F)F. The maximum atomic E-state index is 12.4. The van der Waals surface area contributed by atoms with Crippen LogP contribution in [0.3, 0.4) is 0 Å². The van der Waals surface area contributed by atoms with E-state index in [2.05, 4.69) is 20.9 Å². The van der Waals surface area contributed by atoms with Gasteiger partial charge < -0.3 is 0 Å². The molecule has 0 unspecified atom stereocenters. The molecule has 0 aliphatic rings. The first-order valence-corrected chi connectivity index (χ1v) is 4.26. The van der Waals surface area contributed by atoms with Crippen molar-refractivity contribution in [2.75, 3.05) is 0 Å². The van der Waals surface area contributed by atoms with E-state index < -0.39 is 6.43 Å². The lowest BCUT2D eigenvalue weighted by molar-refractivity contribution is 0.110. The molecular weight excluding hydrogens is 244 g/mol. The van der Waals surface area contributed by atoms with Crippen molar-refractivity contribution in [1.82, 2.24) is 4.98 Å². The first kappa shape index (κ1) is 10.2. The monoisotopic (exact) mass is 249 g/mol. The molecule has 0 aromatic carbocycles. The molecule has 1 aromatic heterocycles. The molecule has 70 valence electrons. The molecule has 0 atom stereocenters. The first-order chi connectivity index (χ1) is 6.06. The van der Waals surface area contributed by atoms with Crippen LogP contribution in [0, 0.1) is 6.92 Å². The number of aryl methyl sites for hydroxylation is 1. The van der Waals surface area contributed by atoms with E-state index in [9.17, 15) is 13.6 Å². The van der Waals surface area contributed by atoms with Crippen LogP contribution in [0.1, 0.15) is 28.0 Å². The zero-order valence-corrected chi connectivity index (χ0v) is 8.31. The third kappa shape index (κ3) is 2.09. The Hall–Kier alpha value is -0.840. The highest BCUT2D eigenvalue weighted by Crippen LogP contribution is 2.26. The van der Waals surface area contributed by atoms with Gasteiger partial charge in [0, 0.05) is 5.56 Å². The van der Waals surface area contributed by atoms with Crippen LogP contribution < -0.4 is 0 Å². The van der Waals surface area contributed by atoms with Crippen molar-refractivity contribution in [3.8, 4) is 0 Å². The van der Waals surface area contributed by atoms with Gasteiger partial charge in [-0.15, -0.1) is 0 Å². The largest absolute Gasteiger partial charge is 0.296 e. The Labute approximate surface area is 82.1 Å². The molecule has 1 heterocycles. The van der Waals surface area contributed by atoms with Gasteiger partial charge in [-0.3, -0.25) is 4.79 Å². The maximum absolute atomic E-state index is 12.4. The molecule has 0 fully saturated rings. The third-order valence-electron chi connectivity index (χ3n) is 1.59. The Bertz CT molecular complexity index is 341. The summed E-state index contributed by atoms with van der Waals surface area (Å²) >= 11 is 3.02. The second-order valence-corrected chi connectivity index (χ2v) is 3.29. The van der Waals surface area contributed by atoms with Crippen LogP contribution in [-0.2, 0) is 0 Å². The molecule has 0 spiro atoms. The Morgan fingerprint density at radius 2 is 2.23 bits per heavy atom. The van der Waals surface area contributed by atoms with Crippen molar-refractivity contribution < 1.29 is 13.6 Å². The lowest BCUT2D eigenvalue weighted by Crippen LogP contribution is -2.00. The Morgan fingerprint density at radius 1 is 1.62 bits per heavy atom. The topological polar surface area (TPSA) is 30.0 Å². The molecule has 2 nitrogen and oxygen atoms in total. The average molecular weight is 250 g/mol. The minimum Gasteiger partial charge on any atom is -0.296 e. The van der Waals surface area contributed by atoms with Gasteiger partial charge in [0.15, 0.2) is 6.29 Å². The van der Waals surface area contributed by atoms with Gasteiger partial charge in [-0.2, -0.15) is 0 Å². The van der Waals surface area contributed by atoms with E-state index in [1.165, 1.54) is 13.0 Å². The van der Waals surface area contributed by atoms with Crippen molar-refractivity contribution in [2.45, 2.75) is 13.3 Å². The number of carbonyl (C=O) groups excluding carboxylic acids is 1. The average Bonchev–Trinajstić information content (AvgIpc) is 2.01. The summed E-state index contributed by atoms with van der Waals surface area (Å²) in [4.78, 5) is 14.1. The van der Waals surface area contributed by atoms with Gasteiger partial charge in [-0.05, 0) is 34.5 Å². The molecule has 0 saturated heterocycles. The summed E-state index contributed by atoms with van der Waals surface area (Å²) < 4.78 is 25.2. The molecule has 5 heteroatoms. The van der Waals surface area contributed by atoms with Crippen LogP contribution in [0.15, 0.2) is 10.7 Å². The molecule has 13 heavy (non-hydrogen) atoms. The number of nitrogens with zero attached hydrogens (tertiary/aromatic N) is 1. The zero-order chi connectivity index (χ0) is 10.0. The van der Waals surface area contributed by atoms with Gasteiger partial charge in [-0.1, -0.05) is 0 Å². The first-order valence-electron chi connectivity index (χ1n) is 3.46. The van der Waals surface area contributed by atoms with E-state index in [1.54, 1.807) is 0 Å². The molecule has 1 aromatic rings. The number of halogens is 3. The molecule has 0 saturated carbocycles. The molecule has 0 amide bonds. The summed E-state index contributed by atoms with van der Waals surface area (Å²) in [6, 6.07) is 1.45. The predicted octanol–water partition coefficient (Wildman–Crippen LogP) is 2.90. The minimum atomic E-state index is -2.67. The normalized spacial score (nSPS) is 10.5. The quantitative estimate of drug-likeness (QED) is 0.596. The highest BCUT2D eigenvalue weighted by molar-refractivity contribution is 9.10. The summed E-state index contributed by atoms with van der Waals surface area (Å²) in [5.74, 6) is 0. The molecule has 0 radical (unpaired) electrons. The second-order valence-electron chi connectivity index (χ2n) is 2.48. The van der Waals surface area contributed by atoms with Crippen molar-refractivity contribution in [2.24, 2.45) is 0 Å². The minimum absolute atomic E-state index is 0.207. The molecule has 0 bridgehead atoms. The second kappa shape index (κ2) is 3.91. The number of hydrogen-bond donors (Lipinski definition) is 0. The van der Waals surface area contributed by atoms with Gasteiger partial charge in [0.05, 0.1) is 0 Å². The fourth-order valence-electron chi connectivity index (χ4n) is 1.04. The van der Waals surface area contributed by atoms with E-state index in [1.807, 2.05) is 0 Å². The smallest absolute Gasteiger partial charge is 0.266 e. The zero-order valence-electron chi connectivity index (χ0n) is 6.72. The van der Waals surface area contributed by atoms with Gasteiger partial charge in [0.1, 0.15) is 10.3 Å². The van der Waals surface area contributed by atoms with Gasteiger partial charge >= 0.3 is 0 Å². The highest BCUT2D eigenvalue weighted by Gasteiger charge is 2.17. The van der Waals surface area contributed by atoms with Crippen LogP contribution in [0.25, 0.3) is 0 Å². The third-order valence-corrected chi connectivity index (χ3v) is 2.00. The standard InChI is InChI=1S/C8H6BrF2NO/c1-4-2-6(9)12-5(3-13)7(4)8(10)11/h2-3,8H,1H3. The highest BCUT2D eigenvalue weighted by atomic mass is 79.9. The van der Waals surface area contributed by atoms with E-state index in [0.717, 1.165) is 0 Å². The fraction of sp³-hybridized carbons (Fsp3) is 0.250. The van der Waals surface area contributed by atoms with E-state index >= 15 is 0 Å². The van der Waals surface area contributed by atoms with E-state index in [0.29, 0.717) is 16.5 Å². The van der Waals surface area contributed by atoms with Gasteiger partial charge in [-0.25, -0.2) is 13.8 Å². The van der Waals surface area contributed by atoms with E-state index in [4.69, 9.17) is 0 Å². The lowest BCUT2D eigenvalue weighted by Gasteiger charge is -2.06. The van der Waals surface area contributed by atoms with Gasteiger partial charge in [0.2, 0.25) is 0 Å². The van der Waals surface area contributed by atoms with Crippen LogP contribution in [0.5, 0.6) is 0 Å². The van der Waals surface area contributed by atoms with Crippen molar-refractivity contribution in [3.63, 3.8) is 0 Å². The number of aldehydes is 1. The summed E-state index contributed by atoms with van der Waals surface area (Å²) in [7, 11) is 0. The Morgan fingerprint density at radius 3 is 2.69 bits per heavy atom. The lowest BCUT2D eigenvalue weighted by atomic mass is 10.1. The van der Waals surface area contributed by atoms with Crippen LogP contribution in [-0.4, -0.2) is 11.3 Å². The van der Waals surface area contributed by atoms with E-state index in [-0.39, 0.29) is 11.3 Å². The Balaban J connectivity index is 3.38. The van der Waals surface area contributed by atoms with Crippen molar-refractivity contribution >= 4 is 22.2 Å². The number of hydrogen-bond acceptors (Lipinski definition) is 2. The van der Waals surface area contributed by atoms with Crippen LogP contribution in [0.2, 0.25) is 0 Å². The Kier molecular flexibility index (Phi) is 3.08. The molecule has 0 aliphatic carbocycles. The number of pyridine rings is 1. The summed E-state index contributed by atoms with van der Waals surface area (Å²) in [5.41, 5.74) is -0.140. The summed E-state index contributed by atoms with van der Waals surface area (Å²) in [5, 5.41) is 0. The summed E-state index contributed by atoms with van der Waals surface area (Å²) in [6.45, 7) is 1.51. The maximum Gasteiger partial charge on any atom is 0.266 e.